The zero-order valence-electron chi connectivity index (χ0n) is 29.0. The van der Waals surface area contributed by atoms with E-state index < -0.39 is 0 Å². The van der Waals surface area contributed by atoms with E-state index in [-0.39, 0.29) is 99.0 Å². The molecule has 6 nitrogen and oxygen atoms in total. The van der Waals surface area contributed by atoms with Gasteiger partial charge in [-0.25, -0.2) is 0 Å². The first-order valence-corrected chi connectivity index (χ1v) is 16.5. The summed E-state index contributed by atoms with van der Waals surface area (Å²) in [6.45, 7) is 16.7. The van der Waals surface area contributed by atoms with Gasteiger partial charge in [0, 0.05) is 63.8 Å². The van der Waals surface area contributed by atoms with Crippen molar-refractivity contribution >= 4 is 112 Å². The van der Waals surface area contributed by atoms with E-state index >= 15 is 0 Å². The maximum atomic E-state index is 10.8. The molecule has 264 valence electrons. The summed E-state index contributed by atoms with van der Waals surface area (Å²) in [5.74, 6) is 0.429. The number of methoxy groups -OCH3 is 2. The Kier molecular flexibility index (Phi) is 88.1. The molecule has 8 radical (unpaired) electrons. The summed E-state index contributed by atoms with van der Waals surface area (Å²) in [6.07, 6.45) is 18.4. The second kappa shape index (κ2) is 60.2. The Morgan fingerprint density at radius 2 is 0.932 bits per heavy atom. The summed E-state index contributed by atoms with van der Waals surface area (Å²) in [4.78, 5) is 21.6. The van der Waals surface area contributed by atoms with E-state index in [1.54, 1.807) is 14.2 Å². The van der Waals surface area contributed by atoms with Crippen molar-refractivity contribution in [2.24, 2.45) is 0 Å². The van der Waals surface area contributed by atoms with Crippen LogP contribution < -0.4 is 0 Å². The molecular formula is C32H68O6S4Sn2. The molecule has 12 heteroatoms. The van der Waals surface area contributed by atoms with E-state index in [4.69, 9.17) is 18.9 Å². The van der Waals surface area contributed by atoms with Crippen molar-refractivity contribution < 1.29 is 28.5 Å². The second-order valence-electron chi connectivity index (χ2n) is 9.55. The molecule has 0 amide bonds. The fourth-order valence-corrected chi connectivity index (χ4v) is 3.12. The third kappa shape index (κ3) is 70.3. The molecule has 2 unspecified atom stereocenters. The van der Waals surface area contributed by atoms with Crippen LogP contribution in [0.5, 0.6) is 0 Å². The number of unbranched alkanes of at least 4 members (excludes halogenated alkanes) is 10. The number of ether oxygens (including phenoxy) is 4. The van der Waals surface area contributed by atoms with Crippen LogP contribution in [0.25, 0.3) is 0 Å². The Morgan fingerprint density at radius 3 is 1.16 bits per heavy atom. The number of carbonyl (C=O) groups excluding carboxylic acids is 2. The predicted molar refractivity (Wildman–Crippen MR) is 208 cm³/mol. The van der Waals surface area contributed by atoms with E-state index in [0.29, 0.717) is 37.6 Å². The molecule has 0 aromatic heterocycles. The first-order chi connectivity index (χ1) is 19.2. The van der Waals surface area contributed by atoms with Gasteiger partial charge in [0.2, 0.25) is 0 Å². The van der Waals surface area contributed by atoms with Crippen LogP contribution in [0, 0.1) is 13.8 Å². The van der Waals surface area contributed by atoms with E-state index in [2.05, 4.69) is 53.0 Å². The Labute approximate surface area is 333 Å². The van der Waals surface area contributed by atoms with Crippen molar-refractivity contribution in [1.82, 2.24) is 0 Å². The van der Waals surface area contributed by atoms with Gasteiger partial charge in [0.15, 0.2) is 0 Å². The molecule has 0 aliphatic carbocycles. The van der Waals surface area contributed by atoms with Crippen LogP contribution in [-0.2, 0) is 53.8 Å². The molecule has 0 spiro atoms. The molecule has 44 heavy (non-hydrogen) atoms. The third-order valence-electron chi connectivity index (χ3n) is 5.70. The van der Waals surface area contributed by atoms with Gasteiger partial charge in [0.05, 0.1) is 25.4 Å². The van der Waals surface area contributed by atoms with Gasteiger partial charge in [0.25, 0.3) is 0 Å². The SMILES string of the molecule is COC(C)CCOC(=O)CC[S-].COC(C)CCOC(=O)CC[S-].S.S.[CH2]CCCCCCC.[CH2]CCCCCCC.[Sn+2].[Sn]. The van der Waals surface area contributed by atoms with Crippen LogP contribution in [0.2, 0.25) is 0 Å². The van der Waals surface area contributed by atoms with Gasteiger partial charge in [-0.3, -0.25) is 9.59 Å². The zero-order chi connectivity index (χ0) is 31.3. The number of hydrogen-bond acceptors (Lipinski definition) is 8. The molecule has 0 aliphatic heterocycles. The molecule has 0 bridgehead atoms. The van der Waals surface area contributed by atoms with Crippen molar-refractivity contribution in [3.8, 4) is 0 Å². The molecule has 0 aliphatic rings. The van der Waals surface area contributed by atoms with Gasteiger partial charge in [0.1, 0.15) is 0 Å². The van der Waals surface area contributed by atoms with Crippen molar-refractivity contribution in [3.05, 3.63) is 13.8 Å². The van der Waals surface area contributed by atoms with Gasteiger partial charge in [-0.15, -0.1) is 0 Å². The summed E-state index contributed by atoms with van der Waals surface area (Å²) >= 11 is 9.26. The average Bonchev–Trinajstić information content (AvgIpc) is 2.94. The van der Waals surface area contributed by atoms with Crippen LogP contribution in [0.4, 0.5) is 0 Å². The fourth-order valence-electron chi connectivity index (χ4n) is 2.78. The first-order valence-electron chi connectivity index (χ1n) is 15.4. The van der Waals surface area contributed by atoms with E-state index in [0.717, 1.165) is 25.7 Å². The molecule has 0 aromatic rings. The Hall–Kier alpha value is 1.86. The molecule has 0 saturated carbocycles. The summed E-state index contributed by atoms with van der Waals surface area (Å²) in [7, 11) is 3.27. The third-order valence-corrected chi connectivity index (χ3v) is 6.11. The average molecular weight is 915 g/mol. The fraction of sp³-hybridized carbons (Fsp3) is 0.875. The Bertz CT molecular complexity index is 446. The van der Waals surface area contributed by atoms with Crippen LogP contribution in [-0.4, -0.2) is 111 Å². The smallest absolute Gasteiger partial charge is 0.792 e. The Morgan fingerprint density at radius 1 is 0.636 bits per heavy atom. The molecule has 0 saturated heterocycles. The molecular weight excluding hydrogens is 846 g/mol. The number of carbonyl (C=O) groups is 2. The monoisotopic (exact) mass is 916 g/mol. The van der Waals surface area contributed by atoms with Crippen LogP contribution in [0.15, 0.2) is 0 Å². The van der Waals surface area contributed by atoms with Crippen molar-refractivity contribution in [3.63, 3.8) is 0 Å². The van der Waals surface area contributed by atoms with Gasteiger partial charge >= 0.3 is 35.8 Å². The predicted octanol–water partition coefficient (Wildman–Crippen LogP) is 7.61. The van der Waals surface area contributed by atoms with Crippen molar-refractivity contribution in [2.75, 3.05) is 38.9 Å². The molecule has 0 heterocycles. The van der Waals surface area contributed by atoms with Crippen LogP contribution >= 0.6 is 27.0 Å². The van der Waals surface area contributed by atoms with Crippen LogP contribution in [0.3, 0.4) is 0 Å². The standard InChI is InChI=1S/2C8H16O3S.2C8H17.2H2S.2Sn/c2*1-7(10-2)3-5-11-8(9)4-6-12;2*1-3-5-7-8-6-4-2;;;;/h2*7,12H,3-6H2,1-2H3;2*1,3-8H2,2H3;2*1H2;;/q;;;;;;;+2/p-2. The number of hydrogen-bond donors (Lipinski definition) is 0. The summed E-state index contributed by atoms with van der Waals surface area (Å²) in [5.41, 5.74) is 0. The first kappa shape index (κ1) is 64.4. The molecule has 0 fully saturated rings. The molecule has 0 aromatic carbocycles. The normalized spacial score (nSPS) is 10.4. The molecule has 0 rings (SSSR count). The van der Waals surface area contributed by atoms with E-state index in [1.165, 1.54) is 64.2 Å². The van der Waals surface area contributed by atoms with Crippen molar-refractivity contribution in [1.29, 1.82) is 0 Å². The van der Waals surface area contributed by atoms with E-state index in [9.17, 15) is 9.59 Å². The number of esters is 2. The summed E-state index contributed by atoms with van der Waals surface area (Å²) < 4.78 is 19.7. The van der Waals surface area contributed by atoms with Gasteiger partial charge < -0.3 is 44.2 Å². The second-order valence-corrected chi connectivity index (χ2v) is 10.4. The van der Waals surface area contributed by atoms with Crippen LogP contribution in [0.1, 0.15) is 130 Å². The van der Waals surface area contributed by atoms with Crippen molar-refractivity contribution in [2.45, 2.75) is 143 Å². The van der Waals surface area contributed by atoms with Gasteiger partial charge in [-0.1, -0.05) is 105 Å². The largest absolute Gasteiger partial charge is 2.00 e. The molecule has 0 N–H and O–H groups in total. The maximum Gasteiger partial charge on any atom is 2.00 e. The summed E-state index contributed by atoms with van der Waals surface area (Å²) in [5, 5.41) is 0. The minimum atomic E-state index is -0.215. The van der Waals surface area contributed by atoms with E-state index in [1.807, 2.05) is 13.8 Å². The minimum absolute atomic E-state index is 0. The zero-order valence-corrected chi connectivity index (χ0v) is 38.3. The number of rotatable bonds is 22. The quantitative estimate of drug-likeness (QED) is 0.0477. The topological polar surface area (TPSA) is 71.1 Å². The van der Waals surface area contributed by atoms with Gasteiger partial charge in [-0.2, -0.15) is 38.5 Å². The van der Waals surface area contributed by atoms with Gasteiger partial charge in [-0.05, 0) is 13.8 Å². The Balaban J connectivity index is -0.0000000646. The molecule has 2 atom stereocenters. The maximum absolute atomic E-state index is 10.8. The summed E-state index contributed by atoms with van der Waals surface area (Å²) in [6, 6.07) is 0. The minimum Gasteiger partial charge on any atom is -0.792 e.